The highest BCUT2D eigenvalue weighted by molar-refractivity contribution is 7.91. The number of nitrogens with one attached hydrogen (secondary N) is 2. The Morgan fingerprint density at radius 1 is 1.25 bits per heavy atom. The molecule has 0 amide bonds. The fraction of sp³-hybridized carbons (Fsp3) is 0.455. The number of para-hydroxylation sites is 1. The van der Waals surface area contributed by atoms with Gasteiger partial charge in [0.15, 0.2) is 9.84 Å². The Balaban J connectivity index is 2.23. The van der Waals surface area contributed by atoms with Gasteiger partial charge in [0.05, 0.1) is 17.2 Å². The van der Waals surface area contributed by atoms with Crippen LogP contribution >= 0.6 is 0 Å². The van der Waals surface area contributed by atoms with Crippen LogP contribution in [-0.4, -0.2) is 34.4 Å². The van der Waals surface area contributed by atoms with E-state index in [1.54, 1.807) is 12.1 Å². The first kappa shape index (κ1) is 15.2. The summed E-state index contributed by atoms with van der Waals surface area (Å²) in [5, 5.41) is 0. The maximum Gasteiger partial charge on any atom is 0.242 e. The van der Waals surface area contributed by atoms with Crippen molar-refractivity contribution in [1.82, 2.24) is 4.72 Å². The molecule has 4 N–H and O–H groups in total. The van der Waals surface area contributed by atoms with Crippen LogP contribution in [0.5, 0.6) is 0 Å². The Bertz CT molecular complexity index is 685. The van der Waals surface area contributed by atoms with Crippen molar-refractivity contribution in [3.05, 3.63) is 24.3 Å². The van der Waals surface area contributed by atoms with Gasteiger partial charge in [-0.05, 0) is 25.0 Å². The van der Waals surface area contributed by atoms with Crippen molar-refractivity contribution in [1.29, 1.82) is 0 Å². The second-order valence-electron chi connectivity index (χ2n) is 4.72. The summed E-state index contributed by atoms with van der Waals surface area (Å²) in [6, 6.07) is 5.58. The molecule has 112 valence electrons. The highest BCUT2D eigenvalue weighted by Crippen LogP contribution is 2.21. The summed E-state index contributed by atoms with van der Waals surface area (Å²) in [6.07, 6.45) is 0.975. The van der Waals surface area contributed by atoms with E-state index in [-0.39, 0.29) is 22.1 Å². The quantitative estimate of drug-likeness (QED) is 0.524. The van der Waals surface area contributed by atoms with E-state index in [2.05, 4.69) is 10.1 Å². The van der Waals surface area contributed by atoms with Crippen LogP contribution in [0.1, 0.15) is 12.8 Å². The monoisotopic (exact) mass is 319 g/mol. The molecule has 0 bridgehead atoms. The number of hydrogen-bond acceptors (Lipinski definition) is 6. The average molecular weight is 319 g/mol. The molecule has 7 nitrogen and oxygen atoms in total. The van der Waals surface area contributed by atoms with Crippen molar-refractivity contribution in [2.75, 3.05) is 16.9 Å². The highest BCUT2D eigenvalue weighted by atomic mass is 32.2. The zero-order valence-corrected chi connectivity index (χ0v) is 12.4. The Hall–Kier alpha value is -1.16. The van der Waals surface area contributed by atoms with Crippen LogP contribution < -0.4 is 16.0 Å². The summed E-state index contributed by atoms with van der Waals surface area (Å²) in [7, 11) is -6.98. The van der Waals surface area contributed by atoms with Crippen molar-refractivity contribution >= 4 is 25.5 Å². The van der Waals surface area contributed by atoms with Crippen LogP contribution in [0.25, 0.3) is 0 Å². The first-order valence-corrected chi connectivity index (χ1v) is 9.43. The van der Waals surface area contributed by atoms with Crippen molar-refractivity contribution in [2.24, 2.45) is 5.84 Å². The first-order chi connectivity index (χ1) is 9.34. The molecule has 1 unspecified atom stereocenters. The summed E-state index contributed by atoms with van der Waals surface area (Å²) in [6.45, 7) is 0. The van der Waals surface area contributed by atoms with E-state index in [0.29, 0.717) is 12.8 Å². The summed E-state index contributed by atoms with van der Waals surface area (Å²) in [5.74, 6) is 5.24. The third kappa shape index (κ3) is 3.48. The van der Waals surface area contributed by atoms with Crippen molar-refractivity contribution in [3.8, 4) is 0 Å². The van der Waals surface area contributed by atoms with E-state index in [0.717, 1.165) is 0 Å². The van der Waals surface area contributed by atoms with Gasteiger partial charge in [0.25, 0.3) is 0 Å². The molecule has 1 aliphatic heterocycles. The van der Waals surface area contributed by atoms with E-state index in [9.17, 15) is 16.8 Å². The van der Waals surface area contributed by atoms with Gasteiger partial charge in [0.1, 0.15) is 4.90 Å². The Morgan fingerprint density at radius 2 is 1.95 bits per heavy atom. The molecule has 1 atom stereocenters. The van der Waals surface area contributed by atoms with E-state index >= 15 is 0 Å². The number of anilines is 1. The van der Waals surface area contributed by atoms with Gasteiger partial charge < -0.3 is 5.43 Å². The third-order valence-corrected chi connectivity index (χ3v) is 6.52. The lowest BCUT2D eigenvalue weighted by Gasteiger charge is -2.23. The van der Waals surface area contributed by atoms with Crippen LogP contribution in [-0.2, 0) is 19.9 Å². The number of sulfonamides is 1. The molecular formula is C11H17N3O4S2. The Labute approximate surface area is 118 Å². The topological polar surface area (TPSA) is 118 Å². The Kier molecular flexibility index (Phi) is 4.33. The maximum absolute atomic E-state index is 12.3. The lowest BCUT2D eigenvalue weighted by atomic mass is 10.2. The molecule has 1 aliphatic rings. The maximum atomic E-state index is 12.3. The van der Waals surface area contributed by atoms with Crippen molar-refractivity contribution < 1.29 is 16.8 Å². The first-order valence-electron chi connectivity index (χ1n) is 6.12. The van der Waals surface area contributed by atoms with Gasteiger partial charge in [0.2, 0.25) is 10.0 Å². The zero-order chi connectivity index (χ0) is 14.8. The number of hydrogen-bond donors (Lipinski definition) is 3. The van der Waals surface area contributed by atoms with Gasteiger partial charge in [-0.2, -0.15) is 0 Å². The molecule has 0 aliphatic carbocycles. The van der Waals surface area contributed by atoms with Crippen molar-refractivity contribution in [2.45, 2.75) is 23.8 Å². The van der Waals surface area contributed by atoms with Gasteiger partial charge in [-0.15, -0.1) is 0 Å². The SMILES string of the molecule is NNc1ccccc1S(=O)(=O)NC1CCCS(=O)(=O)C1. The predicted molar refractivity (Wildman–Crippen MR) is 76.2 cm³/mol. The normalized spacial score (nSPS) is 22.4. The van der Waals surface area contributed by atoms with E-state index < -0.39 is 25.9 Å². The van der Waals surface area contributed by atoms with Gasteiger partial charge >= 0.3 is 0 Å². The number of hydrazine groups is 1. The minimum Gasteiger partial charge on any atom is -0.323 e. The van der Waals surface area contributed by atoms with E-state index in [1.165, 1.54) is 12.1 Å². The smallest absolute Gasteiger partial charge is 0.242 e. The summed E-state index contributed by atoms with van der Waals surface area (Å²) in [5.41, 5.74) is 2.58. The lowest BCUT2D eigenvalue weighted by Crippen LogP contribution is -2.43. The fourth-order valence-electron chi connectivity index (χ4n) is 2.22. The molecule has 1 fully saturated rings. The zero-order valence-electron chi connectivity index (χ0n) is 10.7. The number of nitrogen functional groups attached to an aromatic ring is 1. The van der Waals surface area contributed by atoms with E-state index in [4.69, 9.17) is 5.84 Å². The number of rotatable bonds is 4. The summed E-state index contributed by atoms with van der Waals surface area (Å²) in [4.78, 5) is 0.00507. The molecule has 0 saturated carbocycles. The minimum atomic E-state index is -3.81. The largest absolute Gasteiger partial charge is 0.323 e. The molecule has 0 radical (unpaired) electrons. The van der Waals surface area contributed by atoms with Crippen LogP contribution in [0, 0.1) is 0 Å². The second kappa shape index (κ2) is 5.68. The standard InChI is InChI=1S/C11H17N3O4S2/c12-13-10-5-1-2-6-11(10)20(17,18)14-9-4-3-7-19(15,16)8-9/h1-2,5-6,9,13-14H,3-4,7-8,12H2. The fourth-order valence-corrected chi connectivity index (χ4v) is 5.40. The molecule has 1 heterocycles. The number of benzene rings is 1. The van der Waals surface area contributed by atoms with Crippen LogP contribution in [0.15, 0.2) is 29.2 Å². The third-order valence-electron chi connectivity index (χ3n) is 3.12. The van der Waals surface area contributed by atoms with Gasteiger partial charge in [-0.25, -0.2) is 21.6 Å². The molecule has 9 heteroatoms. The lowest BCUT2D eigenvalue weighted by molar-refractivity contribution is 0.517. The molecule has 0 spiro atoms. The molecule has 1 saturated heterocycles. The van der Waals surface area contributed by atoms with Crippen LogP contribution in [0.3, 0.4) is 0 Å². The van der Waals surface area contributed by atoms with Crippen molar-refractivity contribution in [3.63, 3.8) is 0 Å². The van der Waals surface area contributed by atoms with Crippen LogP contribution in [0.2, 0.25) is 0 Å². The molecule has 20 heavy (non-hydrogen) atoms. The molecule has 0 aromatic heterocycles. The Morgan fingerprint density at radius 3 is 2.60 bits per heavy atom. The molecular weight excluding hydrogens is 302 g/mol. The predicted octanol–water partition coefficient (Wildman–Crippen LogP) is -0.172. The highest BCUT2D eigenvalue weighted by Gasteiger charge is 2.29. The molecule has 1 aromatic carbocycles. The average Bonchev–Trinajstić information content (AvgIpc) is 2.37. The number of sulfone groups is 1. The van der Waals surface area contributed by atoms with E-state index in [1.807, 2.05) is 0 Å². The summed E-state index contributed by atoms with van der Waals surface area (Å²) < 4.78 is 50.1. The molecule has 1 aromatic rings. The second-order valence-corrected chi connectivity index (χ2v) is 8.63. The van der Waals surface area contributed by atoms with Crippen LogP contribution in [0.4, 0.5) is 5.69 Å². The molecule has 2 rings (SSSR count). The van der Waals surface area contributed by atoms with Gasteiger partial charge in [-0.1, -0.05) is 12.1 Å². The van der Waals surface area contributed by atoms with Gasteiger partial charge in [0, 0.05) is 6.04 Å². The summed E-state index contributed by atoms with van der Waals surface area (Å²) >= 11 is 0. The minimum absolute atomic E-state index is 0.00507. The van der Waals surface area contributed by atoms with Gasteiger partial charge in [-0.3, -0.25) is 5.84 Å². The number of nitrogens with two attached hydrogens (primary N) is 1.